The van der Waals surface area contributed by atoms with Crippen molar-refractivity contribution in [3.05, 3.63) is 29.8 Å². The lowest BCUT2D eigenvalue weighted by atomic mass is 9.88. The molecule has 7 nitrogen and oxygen atoms in total. The van der Waals surface area contributed by atoms with E-state index in [1.54, 1.807) is 59.0 Å². The number of rotatable bonds is 4. The highest BCUT2D eigenvalue weighted by Gasteiger charge is 2.53. The first-order chi connectivity index (χ1) is 11.6. The zero-order chi connectivity index (χ0) is 18.8. The van der Waals surface area contributed by atoms with Crippen LogP contribution in [-0.2, 0) is 24.6 Å². The van der Waals surface area contributed by atoms with E-state index in [9.17, 15) is 14.4 Å². The molecule has 0 unspecified atom stereocenters. The number of likely N-dealkylation sites (N-methyl/N-ethyl adjacent to an activating group) is 1. The van der Waals surface area contributed by atoms with Crippen LogP contribution in [0, 0.1) is 0 Å². The van der Waals surface area contributed by atoms with Crippen LogP contribution in [0.3, 0.4) is 0 Å². The normalized spacial score (nSPS) is 19.4. The zero-order valence-electron chi connectivity index (χ0n) is 15.2. The molecule has 0 radical (unpaired) electrons. The number of benzene rings is 1. The Morgan fingerprint density at radius 1 is 1.24 bits per heavy atom. The number of alkyl carbamates (subject to hydrolysis) is 1. The molecule has 1 aliphatic heterocycles. The van der Waals surface area contributed by atoms with Gasteiger partial charge >= 0.3 is 12.1 Å². The molecule has 0 saturated carbocycles. The molecule has 0 fully saturated rings. The summed E-state index contributed by atoms with van der Waals surface area (Å²) in [6.45, 7) is 7.04. The number of nitrogens with one attached hydrogen (secondary N) is 1. The van der Waals surface area contributed by atoms with Gasteiger partial charge in [-0.2, -0.15) is 0 Å². The van der Waals surface area contributed by atoms with Gasteiger partial charge in [-0.1, -0.05) is 18.2 Å². The van der Waals surface area contributed by atoms with E-state index in [4.69, 9.17) is 9.47 Å². The van der Waals surface area contributed by atoms with Gasteiger partial charge in [-0.3, -0.25) is 9.59 Å². The van der Waals surface area contributed by atoms with Gasteiger partial charge in [0.05, 0.1) is 13.0 Å². The number of hydrogen-bond donors (Lipinski definition) is 1. The Morgan fingerprint density at radius 2 is 1.88 bits per heavy atom. The van der Waals surface area contributed by atoms with Crippen LogP contribution in [0.25, 0.3) is 0 Å². The van der Waals surface area contributed by atoms with Crippen LogP contribution in [0.2, 0.25) is 0 Å². The summed E-state index contributed by atoms with van der Waals surface area (Å²) in [7, 11) is 1.60. The van der Waals surface area contributed by atoms with E-state index in [1.807, 2.05) is 0 Å². The largest absolute Gasteiger partial charge is 0.466 e. The molecular weight excluding hydrogens is 324 g/mol. The first-order valence-electron chi connectivity index (χ1n) is 8.15. The SMILES string of the molecule is CCOC(=O)C[C@]1(NC(=O)OC(C)(C)C)C(=O)N(C)c2ccccc21. The van der Waals surface area contributed by atoms with E-state index in [0.717, 1.165) is 0 Å². The Labute approximate surface area is 147 Å². The predicted octanol–water partition coefficient (Wildman–Crippen LogP) is 2.34. The molecule has 1 N–H and O–H groups in total. The van der Waals surface area contributed by atoms with Gasteiger partial charge in [-0.15, -0.1) is 0 Å². The van der Waals surface area contributed by atoms with Gasteiger partial charge in [0.25, 0.3) is 5.91 Å². The first kappa shape index (κ1) is 18.8. The number of carbonyl (C=O) groups is 3. The molecule has 2 rings (SSSR count). The third-order valence-corrected chi connectivity index (χ3v) is 3.82. The van der Waals surface area contributed by atoms with Crippen molar-refractivity contribution in [3.8, 4) is 0 Å². The maximum Gasteiger partial charge on any atom is 0.408 e. The van der Waals surface area contributed by atoms with Crippen molar-refractivity contribution < 1.29 is 23.9 Å². The molecule has 136 valence electrons. The number of nitrogens with zero attached hydrogens (tertiary/aromatic N) is 1. The van der Waals surface area contributed by atoms with Crippen molar-refractivity contribution in [2.45, 2.75) is 45.3 Å². The number of amides is 2. The second-order valence-corrected chi connectivity index (χ2v) is 6.90. The fraction of sp³-hybridized carbons (Fsp3) is 0.500. The molecule has 1 atom stereocenters. The summed E-state index contributed by atoms with van der Waals surface area (Å²) in [6.07, 6.45) is -1.07. The van der Waals surface area contributed by atoms with Gasteiger partial charge in [-0.05, 0) is 33.8 Å². The number of carbonyl (C=O) groups excluding carboxylic acids is 3. The van der Waals surface area contributed by atoms with Crippen LogP contribution in [0.1, 0.15) is 39.7 Å². The molecule has 0 aliphatic carbocycles. The molecule has 1 heterocycles. The molecule has 25 heavy (non-hydrogen) atoms. The van der Waals surface area contributed by atoms with Crippen LogP contribution in [0.15, 0.2) is 24.3 Å². The Hall–Kier alpha value is -2.57. The highest BCUT2D eigenvalue weighted by Crippen LogP contribution is 2.42. The molecule has 7 heteroatoms. The van der Waals surface area contributed by atoms with Gasteiger partial charge in [0.2, 0.25) is 0 Å². The summed E-state index contributed by atoms with van der Waals surface area (Å²) >= 11 is 0. The van der Waals surface area contributed by atoms with E-state index < -0.39 is 29.1 Å². The second kappa shape index (κ2) is 6.74. The van der Waals surface area contributed by atoms with E-state index in [2.05, 4.69) is 5.32 Å². The van der Waals surface area contributed by atoms with Crippen molar-refractivity contribution in [3.63, 3.8) is 0 Å². The Morgan fingerprint density at radius 3 is 2.48 bits per heavy atom. The fourth-order valence-electron chi connectivity index (χ4n) is 2.88. The number of fused-ring (bicyclic) bond motifs is 1. The minimum atomic E-state index is -1.54. The highest BCUT2D eigenvalue weighted by molar-refractivity contribution is 6.10. The third kappa shape index (κ3) is 3.75. The second-order valence-electron chi connectivity index (χ2n) is 6.90. The number of esters is 1. The number of hydrogen-bond acceptors (Lipinski definition) is 5. The first-order valence-corrected chi connectivity index (χ1v) is 8.15. The fourth-order valence-corrected chi connectivity index (χ4v) is 2.88. The number of para-hydroxylation sites is 1. The highest BCUT2D eigenvalue weighted by atomic mass is 16.6. The maximum atomic E-state index is 13.0. The number of ether oxygens (including phenoxy) is 2. The Balaban J connectivity index is 2.45. The average Bonchev–Trinajstić information content (AvgIpc) is 2.69. The van der Waals surface area contributed by atoms with Crippen LogP contribution in [-0.4, -0.2) is 37.2 Å². The summed E-state index contributed by atoms with van der Waals surface area (Å²) in [5, 5.41) is 2.62. The van der Waals surface area contributed by atoms with Crippen LogP contribution in [0.5, 0.6) is 0 Å². The molecule has 0 spiro atoms. The third-order valence-electron chi connectivity index (χ3n) is 3.82. The lowest BCUT2D eigenvalue weighted by Crippen LogP contribution is -2.54. The van der Waals surface area contributed by atoms with Crippen LogP contribution < -0.4 is 10.2 Å². The summed E-state index contributed by atoms with van der Waals surface area (Å²) in [4.78, 5) is 38.9. The topological polar surface area (TPSA) is 84.9 Å². The zero-order valence-corrected chi connectivity index (χ0v) is 15.2. The monoisotopic (exact) mass is 348 g/mol. The minimum Gasteiger partial charge on any atom is -0.466 e. The predicted molar refractivity (Wildman–Crippen MR) is 92.1 cm³/mol. The molecule has 2 amide bonds. The van der Waals surface area contributed by atoms with Crippen molar-refractivity contribution in [2.75, 3.05) is 18.6 Å². The van der Waals surface area contributed by atoms with Crippen molar-refractivity contribution in [1.29, 1.82) is 0 Å². The Bertz CT molecular complexity index is 695. The van der Waals surface area contributed by atoms with Gasteiger partial charge in [0.15, 0.2) is 5.54 Å². The molecule has 1 aliphatic rings. The lowest BCUT2D eigenvalue weighted by molar-refractivity contribution is -0.147. The molecule has 1 aromatic carbocycles. The molecule has 1 aromatic rings. The summed E-state index contributed by atoms with van der Waals surface area (Å²) in [5.74, 6) is -0.982. The van der Waals surface area contributed by atoms with Crippen molar-refractivity contribution >= 4 is 23.7 Å². The molecular formula is C18H24N2O5. The van der Waals surface area contributed by atoms with Crippen molar-refractivity contribution in [1.82, 2.24) is 5.32 Å². The van der Waals surface area contributed by atoms with E-state index in [-0.39, 0.29) is 13.0 Å². The van der Waals surface area contributed by atoms with Gasteiger partial charge < -0.3 is 19.7 Å². The summed E-state index contributed by atoms with van der Waals surface area (Å²) < 4.78 is 10.3. The van der Waals surface area contributed by atoms with E-state index in [1.165, 1.54) is 4.90 Å². The van der Waals surface area contributed by atoms with Crippen molar-refractivity contribution in [2.24, 2.45) is 0 Å². The standard InChI is InChI=1S/C18H24N2O5/c1-6-24-14(21)11-18(19-16(23)25-17(2,3)4)12-9-7-8-10-13(12)20(5)15(18)22/h7-10H,6,11H2,1-5H3,(H,19,23)/t18-/m1/s1. The Kier molecular flexibility index (Phi) is 5.06. The van der Waals surface area contributed by atoms with Crippen LogP contribution in [0.4, 0.5) is 10.5 Å². The maximum absolute atomic E-state index is 13.0. The molecule has 0 bridgehead atoms. The number of anilines is 1. The minimum absolute atomic E-state index is 0.188. The van der Waals surface area contributed by atoms with E-state index >= 15 is 0 Å². The van der Waals surface area contributed by atoms with Gasteiger partial charge in [0.1, 0.15) is 5.60 Å². The quantitative estimate of drug-likeness (QED) is 0.844. The summed E-state index contributed by atoms with van der Waals surface area (Å²) in [5.41, 5.74) is -1.10. The average molecular weight is 348 g/mol. The molecule has 0 saturated heterocycles. The van der Waals surface area contributed by atoms with E-state index in [0.29, 0.717) is 11.3 Å². The van der Waals surface area contributed by atoms with Gasteiger partial charge in [0, 0.05) is 18.3 Å². The summed E-state index contributed by atoms with van der Waals surface area (Å²) in [6, 6.07) is 7.02. The lowest BCUT2D eigenvalue weighted by Gasteiger charge is -2.30. The van der Waals surface area contributed by atoms with Crippen LogP contribution >= 0.6 is 0 Å². The van der Waals surface area contributed by atoms with Gasteiger partial charge in [-0.25, -0.2) is 4.79 Å². The molecule has 0 aromatic heterocycles. The smallest absolute Gasteiger partial charge is 0.408 e.